The third kappa shape index (κ3) is 2.06. The molecule has 3 heterocycles. The Hall–Kier alpha value is -0.930. The van der Waals surface area contributed by atoms with E-state index in [9.17, 15) is 0 Å². The molecule has 96 valence electrons. The fourth-order valence-corrected chi connectivity index (χ4v) is 3.74. The SMILES string of the molecule is c1cncc(CN2CC3CN(C4CC4)CC3C2)c1. The Morgan fingerprint density at radius 2 is 1.89 bits per heavy atom. The summed E-state index contributed by atoms with van der Waals surface area (Å²) in [6, 6.07) is 5.20. The zero-order valence-electron chi connectivity index (χ0n) is 10.8. The molecule has 3 nitrogen and oxygen atoms in total. The van der Waals surface area contributed by atoms with Crippen LogP contribution in [0.5, 0.6) is 0 Å². The van der Waals surface area contributed by atoms with E-state index in [0.29, 0.717) is 0 Å². The average molecular weight is 243 g/mol. The van der Waals surface area contributed by atoms with Crippen molar-refractivity contribution in [2.24, 2.45) is 11.8 Å². The van der Waals surface area contributed by atoms with E-state index in [2.05, 4.69) is 20.9 Å². The molecule has 0 aromatic carbocycles. The number of fused-ring (bicyclic) bond motifs is 1. The van der Waals surface area contributed by atoms with Gasteiger partial charge in [0.05, 0.1) is 0 Å². The molecule has 1 aromatic heterocycles. The third-order valence-electron chi connectivity index (χ3n) is 4.78. The minimum absolute atomic E-state index is 0.933. The third-order valence-corrected chi connectivity index (χ3v) is 4.78. The van der Waals surface area contributed by atoms with Gasteiger partial charge >= 0.3 is 0 Å². The second-order valence-electron chi connectivity index (χ2n) is 6.26. The van der Waals surface area contributed by atoms with E-state index in [1.54, 1.807) is 0 Å². The van der Waals surface area contributed by atoms with Crippen LogP contribution in [0.3, 0.4) is 0 Å². The summed E-state index contributed by atoms with van der Waals surface area (Å²) in [5, 5.41) is 0. The smallest absolute Gasteiger partial charge is 0.0312 e. The van der Waals surface area contributed by atoms with Gasteiger partial charge in [-0.1, -0.05) is 6.07 Å². The van der Waals surface area contributed by atoms with Crippen molar-refractivity contribution in [3.05, 3.63) is 30.1 Å². The van der Waals surface area contributed by atoms with Gasteiger partial charge in [-0.2, -0.15) is 0 Å². The predicted octanol–water partition coefficient (Wildman–Crippen LogP) is 1.61. The number of rotatable bonds is 3. The molecule has 0 N–H and O–H groups in total. The van der Waals surface area contributed by atoms with Crippen molar-refractivity contribution < 1.29 is 0 Å². The molecule has 1 aromatic rings. The molecular weight excluding hydrogens is 222 g/mol. The highest BCUT2D eigenvalue weighted by molar-refractivity contribution is 5.09. The molecule has 0 spiro atoms. The van der Waals surface area contributed by atoms with Crippen LogP contribution in [-0.2, 0) is 6.54 Å². The predicted molar refractivity (Wildman–Crippen MR) is 71.1 cm³/mol. The number of hydrogen-bond donors (Lipinski definition) is 0. The van der Waals surface area contributed by atoms with Crippen molar-refractivity contribution in [2.75, 3.05) is 26.2 Å². The van der Waals surface area contributed by atoms with Gasteiger partial charge in [0.1, 0.15) is 0 Å². The number of nitrogens with zero attached hydrogens (tertiary/aromatic N) is 3. The van der Waals surface area contributed by atoms with E-state index in [1.807, 2.05) is 18.5 Å². The van der Waals surface area contributed by atoms with E-state index in [-0.39, 0.29) is 0 Å². The maximum absolute atomic E-state index is 4.21. The summed E-state index contributed by atoms with van der Waals surface area (Å²) in [5.41, 5.74) is 1.36. The van der Waals surface area contributed by atoms with Gasteiger partial charge < -0.3 is 0 Å². The van der Waals surface area contributed by atoms with Crippen molar-refractivity contribution in [3.63, 3.8) is 0 Å². The molecule has 2 aliphatic heterocycles. The second-order valence-corrected chi connectivity index (χ2v) is 6.26. The lowest BCUT2D eigenvalue weighted by atomic mass is 10.0. The van der Waals surface area contributed by atoms with Gasteiger partial charge in [0.15, 0.2) is 0 Å². The number of pyridine rings is 1. The van der Waals surface area contributed by atoms with Gasteiger partial charge in [-0.25, -0.2) is 0 Å². The Kier molecular flexibility index (Phi) is 2.63. The maximum Gasteiger partial charge on any atom is 0.0312 e. The first-order valence-electron chi connectivity index (χ1n) is 7.24. The first kappa shape index (κ1) is 10.9. The first-order chi connectivity index (χ1) is 8.88. The largest absolute Gasteiger partial charge is 0.300 e. The summed E-state index contributed by atoms with van der Waals surface area (Å²) in [4.78, 5) is 9.58. The monoisotopic (exact) mass is 243 g/mol. The number of aromatic nitrogens is 1. The van der Waals surface area contributed by atoms with E-state index in [1.165, 1.54) is 44.6 Å². The average Bonchev–Trinajstić information content (AvgIpc) is 3.05. The Bertz CT molecular complexity index is 401. The minimum atomic E-state index is 0.933. The van der Waals surface area contributed by atoms with Crippen LogP contribution in [0.1, 0.15) is 18.4 Å². The lowest BCUT2D eigenvalue weighted by Crippen LogP contribution is -2.29. The van der Waals surface area contributed by atoms with Crippen LogP contribution in [-0.4, -0.2) is 47.0 Å². The molecular formula is C15H21N3. The standard InChI is InChI=1S/C15H21N3/c1-2-12(6-16-5-1)7-17-8-13-10-18(15-3-4-15)11-14(13)9-17/h1-2,5-6,13-15H,3-4,7-11H2. The van der Waals surface area contributed by atoms with E-state index < -0.39 is 0 Å². The molecule has 0 amide bonds. The maximum atomic E-state index is 4.21. The summed E-state index contributed by atoms with van der Waals surface area (Å²) >= 11 is 0. The zero-order valence-corrected chi connectivity index (χ0v) is 10.8. The molecule has 2 saturated heterocycles. The van der Waals surface area contributed by atoms with Crippen molar-refractivity contribution in [1.82, 2.24) is 14.8 Å². The molecule has 3 fully saturated rings. The van der Waals surface area contributed by atoms with Crippen LogP contribution in [0.25, 0.3) is 0 Å². The van der Waals surface area contributed by atoms with Crippen LogP contribution in [0.15, 0.2) is 24.5 Å². The molecule has 1 aliphatic carbocycles. The highest BCUT2D eigenvalue weighted by Gasteiger charge is 2.43. The fourth-order valence-electron chi connectivity index (χ4n) is 3.74. The van der Waals surface area contributed by atoms with Crippen molar-refractivity contribution in [2.45, 2.75) is 25.4 Å². The lowest BCUT2D eigenvalue weighted by molar-refractivity contribution is 0.245. The minimum Gasteiger partial charge on any atom is -0.300 e. The summed E-state index contributed by atoms with van der Waals surface area (Å²) < 4.78 is 0. The van der Waals surface area contributed by atoms with Gasteiger partial charge in [0.25, 0.3) is 0 Å². The Balaban J connectivity index is 1.35. The van der Waals surface area contributed by atoms with Gasteiger partial charge in [-0.05, 0) is 36.3 Å². The second kappa shape index (κ2) is 4.32. The molecule has 0 bridgehead atoms. The highest BCUT2D eigenvalue weighted by atomic mass is 15.3. The Morgan fingerprint density at radius 3 is 2.50 bits per heavy atom. The van der Waals surface area contributed by atoms with Crippen molar-refractivity contribution >= 4 is 0 Å². The molecule has 3 heteroatoms. The highest BCUT2D eigenvalue weighted by Crippen LogP contribution is 2.38. The molecule has 2 unspecified atom stereocenters. The molecule has 3 aliphatic rings. The normalized spacial score (nSPS) is 32.9. The summed E-state index contributed by atoms with van der Waals surface area (Å²) in [5.74, 6) is 1.87. The molecule has 4 rings (SSSR count). The van der Waals surface area contributed by atoms with Crippen LogP contribution < -0.4 is 0 Å². The topological polar surface area (TPSA) is 19.4 Å². The van der Waals surface area contributed by atoms with E-state index in [4.69, 9.17) is 0 Å². The molecule has 0 radical (unpaired) electrons. The zero-order chi connectivity index (χ0) is 11.9. The van der Waals surface area contributed by atoms with Crippen molar-refractivity contribution in [1.29, 1.82) is 0 Å². The van der Waals surface area contributed by atoms with Crippen LogP contribution in [0.4, 0.5) is 0 Å². The molecule has 18 heavy (non-hydrogen) atoms. The summed E-state index contributed by atoms with van der Waals surface area (Å²) in [6.07, 6.45) is 6.78. The van der Waals surface area contributed by atoms with Crippen LogP contribution >= 0.6 is 0 Å². The lowest BCUT2D eigenvalue weighted by Gasteiger charge is -2.20. The fraction of sp³-hybridized carbons (Fsp3) is 0.667. The quantitative estimate of drug-likeness (QED) is 0.804. The van der Waals surface area contributed by atoms with E-state index in [0.717, 1.165) is 24.4 Å². The van der Waals surface area contributed by atoms with Crippen LogP contribution in [0.2, 0.25) is 0 Å². The molecule has 1 saturated carbocycles. The Labute approximate surface area is 109 Å². The molecule has 2 atom stereocenters. The number of likely N-dealkylation sites (tertiary alicyclic amines) is 2. The van der Waals surface area contributed by atoms with Gasteiger partial charge in [0, 0.05) is 51.2 Å². The van der Waals surface area contributed by atoms with Gasteiger partial charge in [0.2, 0.25) is 0 Å². The summed E-state index contributed by atoms with van der Waals surface area (Å²) in [6.45, 7) is 6.40. The van der Waals surface area contributed by atoms with Gasteiger partial charge in [-0.3, -0.25) is 14.8 Å². The van der Waals surface area contributed by atoms with Gasteiger partial charge in [-0.15, -0.1) is 0 Å². The Morgan fingerprint density at radius 1 is 1.11 bits per heavy atom. The summed E-state index contributed by atoms with van der Waals surface area (Å²) in [7, 11) is 0. The first-order valence-corrected chi connectivity index (χ1v) is 7.24. The van der Waals surface area contributed by atoms with E-state index >= 15 is 0 Å². The number of hydrogen-bond acceptors (Lipinski definition) is 3. The van der Waals surface area contributed by atoms with Crippen molar-refractivity contribution in [3.8, 4) is 0 Å². The van der Waals surface area contributed by atoms with Crippen LogP contribution in [0, 0.1) is 11.8 Å².